The maximum atomic E-state index is 13.3. The van der Waals surface area contributed by atoms with Crippen LogP contribution < -0.4 is 5.32 Å². The van der Waals surface area contributed by atoms with Crippen molar-refractivity contribution in [3.8, 4) is 0 Å². The number of benzene rings is 2. The van der Waals surface area contributed by atoms with Gasteiger partial charge in [-0.3, -0.25) is 0 Å². The van der Waals surface area contributed by atoms with Crippen molar-refractivity contribution in [2.24, 2.45) is 0 Å². The van der Waals surface area contributed by atoms with Gasteiger partial charge in [0.2, 0.25) is 0 Å². The van der Waals surface area contributed by atoms with Crippen LogP contribution in [0, 0.1) is 11.6 Å². The first-order valence-electron chi connectivity index (χ1n) is 6.07. The molecule has 0 heterocycles. The predicted molar refractivity (Wildman–Crippen MR) is 81.0 cm³/mol. The molecule has 0 aliphatic carbocycles. The first-order valence-corrected chi connectivity index (χ1v) is 7.24. The highest BCUT2D eigenvalue weighted by Gasteiger charge is 2.16. The summed E-state index contributed by atoms with van der Waals surface area (Å²) in [6, 6.07) is 8.71. The molecule has 0 saturated heterocycles. The molecule has 2 aromatic carbocycles. The van der Waals surface area contributed by atoms with Crippen LogP contribution in [0.4, 0.5) is 8.78 Å². The smallest absolute Gasteiger partial charge is 0.124 e. The van der Waals surface area contributed by atoms with Crippen molar-refractivity contribution in [2.75, 3.05) is 7.05 Å². The van der Waals surface area contributed by atoms with Crippen LogP contribution in [0.2, 0.25) is 5.02 Å². The molecule has 0 aromatic heterocycles. The van der Waals surface area contributed by atoms with Gasteiger partial charge in [-0.25, -0.2) is 8.78 Å². The second kappa shape index (κ2) is 6.66. The molecule has 1 N–H and O–H groups in total. The van der Waals surface area contributed by atoms with Crippen molar-refractivity contribution >= 4 is 27.5 Å². The van der Waals surface area contributed by atoms with Crippen LogP contribution in [0.3, 0.4) is 0 Å². The molecule has 0 aliphatic heterocycles. The van der Waals surface area contributed by atoms with Gasteiger partial charge in [-0.1, -0.05) is 33.6 Å². The van der Waals surface area contributed by atoms with Gasteiger partial charge < -0.3 is 5.32 Å². The molecular formula is C15H13BrClF2N. The average molecular weight is 361 g/mol. The highest BCUT2D eigenvalue weighted by molar-refractivity contribution is 9.10. The summed E-state index contributed by atoms with van der Waals surface area (Å²) in [5.74, 6) is -0.663. The SMILES string of the molecule is CNC(Cc1cc(F)ccc1Br)c1ccc(F)cc1Cl. The fraction of sp³-hybridized carbons (Fsp3) is 0.200. The lowest BCUT2D eigenvalue weighted by molar-refractivity contribution is 0.579. The Morgan fingerprint density at radius 3 is 2.45 bits per heavy atom. The van der Waals surface area contributed by atoms with Crippen molar-refractivity contribution in [3.63, 3.8) is 0 Å². The Hall–Kier alpha value is -0.970. The number of hydrogen-bond acceptors (Lipinski definition) is 1. The summed E-state index contributed by atoms with van der Waals surface area (Å²) < 4.78 is 27.2. The van der Waals surface area contributed by atoms with Crippen LogP contribution in [-0.4, -0.2) is 7.05 Å². The van der Waals surface area contributed by atoms with E-state index in [1.165, 1.54) is 24.3 Å². The van der Waals surface area contributed by atoms with Gasteiger partial charge in [0, 0.05) is 15.5 Å². The third kappa shape index (κ3) is 3.57. The van der Waals surface area contributed by atoms with Crippen LogP contribution in [0.1, 0.15) is 17.2 Å². The number of rotatable bonds is 4. The maximum absolute atomic E-state index is 13.3. The first-order chi connectivity index (χ1) is 9.51. The molecule has 0 saturated carbocycles. The molecule has 0 bridgehead atoms. The van der Waals surface area contributed by atoms with Gasteiger partial charge in [0.15, 0.2) is 0 Å². The monoisotopic (exact) mass is 359 g/mol. The van der Waals surface area contributed by atoms with E-state index in [0.29, 0.717) is 11.4 Å². The zero-order chi connectivity index (χ0) is 14.7. The zero-order valence-corrected chi connectivity index (χ0v) is 13.1. The summed E-state index contributed by atoms with van der Waals surface area (Å²) in [6.45, 7) is 0. The van der Waals surface area contributed by atoms with Crippen LogP contribution in [0.15, 0.2) is 40.9 Å². The van der Waals surface area contributed by atoms with E-state index >= 15 is 0 Å². The van der Waals surface area contributed by atoms with Gasteiger partial charge in [0.1, 0.15) is 11.6 Å². The van der Waals surface area contributed by atoms with E-state index in [-0.39, 0.29) is 17.7 Å². The quantitative estimate of drug-likeness (QED) is 0.819. The van der Waals surface area contributed by atoms with Crippen molar-refractivity contribution in [1.29, 1.82) is 0 Å². The van der Waals surface area contributed by atoms with E-state index in [4.69, 9.17) is 11.6 Å². The van der Waals surface area contributed by atoms with Gasteiger partial charge in [-0.2, -0.15) is 0 Å². The van der Waals surface area contributed by atoms with Gasteiger partial charge >= 0.3 is 0 Å². The Kier molecular flexibility index (Phi) is 5.13. The first kappa shape index (κ1) is 15.4. The Morgan fingerprint density at radius 2 is 1.80 bits per heavy atom. The lowest BCUT2D eigenvalue weighted by atomic mass is 9.99. The Labute approximate surface area is 130 Å². The molecule has 2 rings (SSSR count). The second-order valence-electron chi connectivity index (χ2n) is 4.45. The third-order valence-corrected chi connectivity index (χ3v) is 4.22. The standard InChI is InChI=1S/C15H13BrClF2N/c1-20-15(12-4-2-11(19)8-14(12)17)7-9-6-10(18)3-5-13(9)16/h2-6,8,15,20H,7H2,1H3. The van der Waals surface area contributed by atoms with Gasteiger partial charge in [0.25, 0.3) is 0 Å². The molecule has 1 nitrogen and oxygen atoms in total. The number of likely N-dealkylation sites (N-methyl/N-ethyl adjacent to an activating group) is 1. The van der Waals surface area contributed by atoms with Crippen LogP contribution >= 0.6 is 27.5 Å². The maximum Gasteiger partial charge on any atom is 0.124 e. The van der Waals surface area contributed by atoms with Crippen molar-refractivity contribution in [3.05, 3.63) is 68.7 Å². The average Bonchev–Trinajstić information content (AvgIpc) is 2.40. The zero-order valence-electron chi connectivity index (χ0n) is 10.8. The predicted octanol–water partition coefficient (Wildman–Crippen LogP) is 4.88. The third-order valence-electron chi connectivity index (χ3n) is 3.12. The van der Waals surface area contributed by atoms with Crippen LogP contribution in [-0.2, 0) is 6.42 Å². The normalized spacial score (nSPS) is 12.4. The van der Waals surface area contributed by atoms with Crippen molar-refractivity contribution in [2.45, 2.75) is 12.5 Å². The van der Waals surface area contributed by atoms with Crippen molar-refractivity contribution in [1.82, 2.24) is 5.32 Å². The summed E-state index contributed by atoms with van der Waals surface area (Å²) in [5, 5.41) is 3.48. The minimum Gasteiger partial charge on any atom is -0.313 e. The Morgan fingerprint density at radius 1 is 1.15 bits per heavy atom. The highest BCUT2D eigenvalue weighted by atomic mass is 79.9. The minimum absolute atomic E-state index is 0.124. The van der Waals surface area contributed by atoms with E-state index in [1.807, 2.05) is 0 Å². The molecule has 1 unspecified atom stereocenters. The molecule has 106 valence electrons. The van der Waals surface area contributed by atoms with E-state index in [9.17, 15) is 8.78 Å². The van der Waals surface area contributed by atoms with E-state index < -0.39 is 0 Å². The Bertz CT molecular complexity index is 619. The van der Waals surface area contributed by atoms with Crippen LogP contribution in [0.5, 0.6) is 0 Å². The lowest BCUT2D eigenvalue weighted by Crippen LogP contribution is -2.19. The number of hydrogen-bond donors (Lipinski definition) is 1. The summed E-state index contributed by atoms with van der Waals surface area (Å²) in [4.78, 5) is 0. The molecule has 0 spiro atoms. The summed E-state index contributed by atoms with van der Waals surface area (Å²) in [7, 11) is 1.79. The van der Waals surface area contributed by atoms with Gasteiger partial charge in [-0.15, -0.1) is 0 Å². The molecular weight excluding hydrogens is 348 g/mol. The fourth-order valence-electron chi connectivity index (χ4n) is 2.07. The van der Waals surface area contributed by atoms with E-state index in [0.717, 1.165) is 15.6 Å². The van der Waals surface area contributed by atoms with Crippen LogP contribution in [0.25, 0.3) is 0 Å². The molecule has 0 aliphatic rings. The fourth-order valence-corrected chi connectivity index (χ4v) is 2.78. The second-order valence-corrected chi connectivity index (χ2v) is 5.71. The molecule has 20 heavy (non-hydrogen) atoms. The topological polar surface area (TPSA) is 12.0 Å². The minimum atomic E-state index is -0.375. The molecule has 0 radical (unpaired) electrons. The molecule has 0 amide bonds. The van der Waals surface area contributed by atoms with E-state index in [2.05, 4.69) is 21.2 Å². The molecule has 2 aromatic rings. The van der Waals surface area contributed by atoms with Gasteiger partial charge in [-0.05, 0) is 54.9 Å². The van der Waals surface area contributed by atoms with Crippen molar-refractivity contribution < 1.29 is 8.78 Å². The number of halogens is 4. The highest BCUT2D eigenvalue weighted by Crippen LogP contribution is 2.29. The van der Waals surface area contributed by atoms with E-state index in [1.54, 1.807) is 19.2 Å². The summed E-state index contributed by atoms with van der Waals surface area (Å²) >= 11 is 9.48. The molecule has 0 fully saturated rings. The number of nitrogens with one attached hydrogen (secondary N) is 1. The molecule has 5 heteroatoms. The lowest BCUT2D eigenvalue weighted by Gasteiger charge is -2.19. The van der Waals surface area contributed by atoms with Gasteiger partial charge in [0.05, 0.1) is 0 Å². The largest absolute Gasteiger partial charge is 0.313 e. The summed E-state index contributed by atoms with van der Waals surface area (Å²) in [5.41, 5.74) is 1.61. The molecule has 1 atom stereocenters. The summed E-state index contributed by atoms with van der Waals surface area (Å²) in [6.07, 6.45) is 0.542. The Balaban J connectivity index is 2.31.